The summed E-state index contributed by atoms with van der Waals surface area (Å²) in [6, 6.07) is 41.2. The van der Waals surface area contributed by atoms with E-state index in [1.54, 1.807) is 0 Å². The summed E-state index contributed by atoms with van der Waals surface area (Å²) in [7, 11) is 8.38. The molecule has 0 unspecified atom stereocenters. The second-order valence-electron chi connectivity index (χ2n) is 11.7. The van der Waals surface area contributed by atoms with Crippen molar-refractivity contribution in [1.29, 1.82) is 0 Å². The van der Waals surface area contributed by atoms with Crippen molar-refractivity contribution < 1.29 is 0 Å². The summed E-state index contributed by atoms with van der Waals surface area (Å²) < 4.78 is 0. The number of aromatic nitrogens is 3. The van der Waals surface area contributed by atoms with Gasteiger partial charge in [0.05, 0.1) is 5.54 Å². The Bertz CT molecular complexity index is 1600. The smallest absolute Gasteiger partial charge is 0.233 e. The van der Waals surface area contributed by atoms with Crippen molar-refractivity contribution in [3.63, 3.8) is 0 Å². The Kier molecular flexibility index (Phi) is 9.95. The number of benzene rings is 4. The Morgan fingerprint density at radius 1 is 0.578 bits per heavy atom. The van der Waals surface area contributed by atoms with Gasteiger partial charge in [-0.05, 0) is 75.2 Å². The van der Waals surface area contributed by atoms with Gasteiger partial charge < -0.3 is 21.3 Å². The quantitative estimate of drug-likeness (QED) is 0.160. The van der Waals surface area contributed by atoms with Gasteiger partial charge >= 0.3 is 0 Å². The van der Waals surface area contributed by atoms with Gasteiger partial charge in [0.15, 0.2) is 0 Å². The summed E-state index contributed by atoms with van der Waals surface area (Å²) in [5.41, 5.74) is 9.50. The van der Waals surface area contributed by atoms with Crippen LogP contribution in [0, 0.1) is 0 Å². The van der Waals surface area contributed by atoms with Gasteiger partial charge in [-0.2, -0.15) is 15.0 Å². The maximum Gasteiger partial charge on any atom is 0.233 e. The Hall–Kier alpha value is -4.95. The molecule has 8 nitrogen and oxygen atoms in total. The number of hydrogen-bond acceptors (Lipinski definition) is 8. The average molecular weight is 601 g/mol. The van der Waals surface area contributed by atoms with Crippen molar-refractivity contribution in [2.24, 2.45) is 0 Å². The monoisotopic (exact) mass is 600 g/mol. The third-order valence-electron chi connectivity index (χ3n) is 9.00. The van der Waals surface area contributed by atoms with E-state index in [1.165, 1.54) is 11.1 Å². The van der Waals surface area contributed by atoms with E-state index in [4.69, 9.17) is 15.7 Å². The van der Waals surface area contributed by atoms with E-state index in [2.05, 4.69) is 107 Å². The lowest BCUT2D eigenvalue weighted by Crippen LogP contribution is -2.54. The van der Waals surface area contributed by atoms with E-state index >= 15 is 0 Å². The molecular weight excluding hydrogens is 556 g/mol. The van der Waals surface area contributed by atoms with E-state index in [0.717, 1.165) is 37.1 Å². The highest BCUT2D eigenvalue weighted by molar-refractivity contribution is 5.56. The maximum absolute atomic E-state index is 5.36. The predicted molar refractivity (Wildman–Crippen MR) is 187 cm³/mol. The third-order valence-corrected chi connectivity index (χ3v) is 9.00. The van der Waals surface area contributed by atoms with Crippen molar-refractivity contribution >= 4 is 29.2 Å². The first kappa shape index (κ1) is 31.5. The summed E-state index contributed by atoms with van der Waals surface area (Å²) in [4.78, 5) is 19.0. The minimum Gasteiger partial charge on any atom is -0.399 e. The number of rotatable bonds is 8. The zero-order chi connectivity index (χ0) is 31.7. The van der Waals surface area contributed by atoms with Crippen LogP contribution in [0.1, 0.15) is 36.8 Å². The molecule has 45 heavy (non-hydrogen) atoms. The fourth-order valence-corrected chi connectivity index (χ4v) is 6.36. The third kappa shape index (κ3) is 7.07. The van der Waals surface area contributed by atoms with E-state index in [0.29, 0.717) is 17.8 Å². The van der Waals surface area contributed by atoms with Crippen LogP contribution in [0.2, 0.25) is 0 Å². The van der Waals surface area contributed by atoms with E-state index in [-0.39, 0.29) is 11.1 Å². The second kappa shape index (κ2) is 14.2. The first-order valence-corrected chi connectivity index (χ1v) is 15.4. The number of nitrogens with one attached hydrogen (secondary N) is 2. The minimum absolute atomic E-state index is 0.0182. The molecule has 0 amide bonds. The van der Waals surface area contributed by atoms with Gasteiger partial charge in [0.2, 0.25) is 17.8 Å². The lowest BCUT2D eigenvalue weighted by Gasteiger charge is -2.53. The van der Waals surface area contributed by atoms with Crippen LogP contribution in [0.5, 0.6) is 0 Å². The molecule has 1 aliphatic rings. The molecule has 0 atom stereocenters. The molecule has 6 rings (SSSR count). The fourth-order valence-electron chi connectivity index (χ4n) is 6.36. The Morgan fingerprint density at radius 3 is 1.49 bits per heavy atom. The van der Waals surface area contributed by atoms with Crippen LogP contribution < -0.4 is 21.3 Å². The number of nitrogen functional groups attached to an aromatic ring is 1. The SMILES string of the molecule is CNc1nc(Nc2ccccc2)nc(N(C)C2(c3ccccc3)CCC(c3ccccc3)(N(C)C)CC2)n1.Nc1ccccc1. The Balaban J connectivity index is 0.000000505. The van der Waals surface area contributed by atoms with Crippen molar-refractivity contribution in [2.45, 2.75) is 36.8 Å². The van der Waals surface area contributed by atoms with E-state index in [9.17, 15) is 0 Å². The van der Waals surface area contributed by atoms with Crippen molar-refractivity contribution in [3.05, 3.63) is 132 Å². The van der Waals surface area contributed by atoms with Crippen molar-refractivity contribution in [2.75, 3.05) is 49.5 Å². The summed E-state index contributed by atoms with van der Waals surface area (Å²) in [6.45, 7) is 0. The number of para-hydroxylation sites is 2. The number of anilines is 5. The van der Waals surface area contributed by atoms with Gasteiger partial charge in [-0.3, -0.25) is 4.90 Å². The van der Waals surface area contributed by atoms with Gasteiger partial charge in [0, 0.05) is 31.0 Å². The molecule has 0 spiro atoms. The predicted octanol–water partition coefficient (Wildman–Crippen LogP) is 7.29. The molecule has 232 valence electrons. The minimum atomic E-state index is -0.258. The number of hydrogen-bond donors (Lipinski definition) is 3. The topological polar surface area (TPSA) is 95.2 Å². The molecule has 1 aliphatic carbocycles. The average Bonchev–Trinajstić information content (AvgIpc) is 3.09. The molecule has 1 aromatic heterocycles. The zero-order valence-corrected chi connectivity index (χ0v) is 26.7. The highest BCUT2D eigenvalue weighted by Gasteiger charge is 2.48. The van der Waals surface area contributed by atoms with Crippen LogP contribution in [-0.2, 0) is 11.1 Å². The van der Waals surface area contributed by atoms with Crippen LogP contribution in [-0.4, -0.2) is 48.0 Å². The highest BCUT2D eigenvalue weighted by Crippen LogP contribution is 2.51. The number of nitrogens with zero attached hydrogens (tertiary/aromatic N) is 5. The van der Waals surface area contributed by atoms with E-state index in [1.807, 2.05) is 67.7 Å². The molecular formula is C37H44N8. The van der Waals surface area contributed by atoms with Gasteiger partial charge in [-0.15, -0.1) is 0 Å². The van der Waals surface area contributed by atoms with Crippen molar-refractivity contribution in [1.82, 2.24) is 19.9 Å². The van der Waals surface area contributed by atoms with Crippen LogP contribution in [0.3, 0.4) is 0 Å². The zero-order valence-electron chi connectivity index (χ0n) is 26.7. The molecule has 0 radical (unpaired) electrons. The molecule has 0 saturated heterocycles. The molecule has 0 aliphatic heterocycles. The molecule has 4 aromatic carbocycles. The first-order chi connectivity index (χ1) is 21.9. The van der Waals surface area contributed by atoms with Crippen molar-refractivity contribution in [3.8, 4) is 0 Å². The summed E-state index contributed by atoms with van der Waals surface area (Å²) in [5.74, 6) is 1.69. The standard InChI is InChI=1S/C31H37N7.C6H7N/c1-32-27-34-28(33-26-18-12-7-13-19-26)36-29(35-27)38(4)31(25-16-10-6-11-17-25)22-20-30(21-23-31,37(2)3)24-14-8-5-9-15-24;7-6-4-2-1-3-5-6/h5-19H,20-23H2,1-4H3,(H2,32,33,34,35,36);1-5H,7H2. The van der Waals surface area contributed by atoms with Crippen LogP contribution >= 0.6 is 0 Å². The lowest BCUT2D eigenvalue weighted by molar-refractivity contribution is 0.0642. The lowest BCUT2D eigenvalue weighted by atomic mass is 9.66. The van der Waals surface area contributed by atoms with Crippen LogP contribution in [0.25, 0.3) is 0 Å². The van der Waals surface area contributed by atoms with Gasteiger partial charge in [0.1, 0.15) is 0 Å². The number of nitrogens with two attached hydrogens (primary N) is 1. The Labute approximate surface area is 267 Å². The summed E-state index contributed by atoms with van der Waals surface area (Å²) in [5, 5.41) is 6.46. The molecule has 0 bridgehead atoms. The fraction of sp³-hybridized carbons (Fsp3) is 0.270. The Morgan fingerprint density at radius 2 is 1.02 bits per heavy atom. The summed E-state index contributed by atoms with van der Waals surface area (Å²) >= 11 is 0. The highest BCUT2D eigenvalue weighted by atomic mass is 15.3. The van der Waals surface area contributed by atoms with Gasteiger partial charge in [0.25, 0.3) is 0 Å². The maximum atomic E-state index is 5.36. The van der Waals surface area contributed by atoms with Crippen LogP contribution in [0.15, 0.2) is 121 Å². The molecule has 8 heteroatoms. The van der Waals surface area contributed by atoms with Gasteiger partial charge in [-0.25, -0.2) is 0 Å². The molecule has 1 heterocycles. The second-order valence-corrected chi connectivity index (χ2v) is 11.7. The van der Waals surface area contributed by atoms with E-state index < -0.39 is 0 Å². The largest absolute Gasteiger partial charge is 0.399 e. The normalized spacial score (nSPS) is 19.2. The first-order valence-electron chi connectivity index (χ1n) is 15.4. The van der Waals surface area contributed by atoms with Crippen LogP contribution in [0.4, 0.5) is 29.2 Å². The summed E-state index contributed by atoms with van der Waals surface area (Å²) in [6.07, 6.45) is 3.95. The van der Waals surface area contributed by atoms with Gasteiger partial charge in [-0.1, -0.05) is 97.1 Å². The molecule has 5 aromatic rings. The molecule has 4 N–H and O–H groups in total. The molecule has 1 saturated carbocycles. The molecule has 1 fully saturated rings.